The van der Waals surface area contributed by atoms with Gasteiger partial charge in [0.15, 0.2) is 0 Å². The van der Waals surface area contributed by atoms with Gasteiger partial charge in [-0.25, -0.2) is 4.68 Å². The van der Waals surface area contributed by atoms with Crippen LogP contribution in [0.4, 0.5) is 0 Å². The SMILES string of the molecule is Cc1ccc(-n2nc(-c3cccs3)cc2C(=O)N2CCN(C/C=C/c3ccccc3)CC2)cc1. The summed E-state index contributed by atoms with van der Waals surface area (Å²) in [6, 6.07) is 24.5. The van der Waals surface area contributed by atoms with Crippen LogP contribution in [0, 0.1) is 6.92 Å². The number of thiophene rings is 1. The van der Waals surface area contributed by atoms with Crippen LogP contribution in [-0.4, -0.2) is 58.2 Å². The molecule has 0 spiro atoms. The molecule has 0 N–H and O–H groups in total. The molecule has 1 aliphatic rings. The average Bonchev–Trinajstić information content (AvgIpc) is 3.56. The molecule has 34 heavy (non-hydrogen) atoms. The molecule has 172 valence electrons. The van der Waals surface area contributed by atoms with Crippen LogP contribution in [0.5, 0.6) is 0 Å². The molecule has 1 aliphatic heterocycles. The van der Waals surface area contributed by atoms with E-state index in [2.05, 4.69) is 60.4 Å². The first kappa shape index (κ1) is 22.3. The molecule has 1 amide bonds. The third-order valence-electron chi connectivity index (χ3n) is 6.11. The van der Waals surface area contributed by atoms with Gasteiger partial charge in [-0.15, -0.1) is 11.3 Å². The molecule has 0 aliphatic carbocycles. The Bertz CT molecular complexity index is 1250. The van der Waals surface area contributed by atoms with E-state index in [9.17, 15) is 4.79 Å². The van der Waals surface area contributed by atoms with Crippen molar-refractivity contribution in [1.82, 2.24) is 19.6 Å². The first-order chi connectivity index (χ1) is 16.7. The average molecular weight is 469 g/mol. The normalized spacial score (nSPS) is 14.7. The minimum atomic E-state index is 0.0374. The second-order valence-electron chi connectivity index (χ2n) is 8.55. The Kier molecular flexibility index (Phi) is 6.70. The Hall–Kier alpha value is -3.48. The Morgan fingerprint density at radius 1 is 0.971 bits per heavy atom. The molecule has 0 atom stereocenters. The third kappa shape index (κ3) is 5.03. The van der Waals surface area contributed by atoms with Crippen molar-refractivity contribution in [3.63, 3.8) is 0 Å². The highest BCUT2D eigenvalue weighted by Crippen LogP contribution is 2.27. The Labute approximate surface area is 204 Å². The summed E-state index contributed by atoms with van der Waals surface area (Å²) in [5, 5.41) is 6.85. The number of amides is 1. The number of hydrogen-bond acceptors (Lipinski definition) is 4. The molecular formula is C28H28N4OS. The second kappa shape index (κ2) is 10.2. The minimum Gasteiger partial charge on any atom is -0.335 e. The van der Waals surface area contributed by atoms with E-state index in [-0.39, 0.29) is 5.91 Å². The zero-order valence-corrected chi connectivity index (χ0v) is 20.1. The maximum absolute atomic E-state index is 13.6. The van der Waals surface area contributed by atoms with Gasteiger partial charge in [-0.2, -0.15) is 5.10 Å². The van der Waals surface area contributed by atoms with E-state index in [0.717, 1.165) is 35.9 Å². The maximum Gasteiger partial charge on any atom is 0.272 e. The van der Waals surface area contributed by atoms with Crippen molar-refractivity contribution in [2.45, 2.75) is 6.92 Å². The molecule has 0 bridgehead atoms. The van der Waals surface area contributed by atoms with Gasteiger partial charge >= 0.3 is 0 Å². The first-order valence-corrected chi connectivity index (χ1v) is 12.5. The third-order valence-corrected chi connectivity index (χ3v) is 7.01. The number of rotatable bonds is 6. The van der Waals surface area contributed by atoms with Gasteiger partial charge < -0.3 is 4.90 Å². The molecule has 5 rings (SSSR count). The number of benzene rings is 2. The van der Waals surface area contributed by atoms with Gasteiger partial charge in [-0.05, 0) is 42.1 Å². The second-order valence-corrected chi connectivity index (χ2v) is 9.49. The minimum absolute atomic E-state index is 0.0374. The van der Waals surface area contributed by atoms with Gasteiger partial charge in [0.25, 0.3) is 5.91 Å². The fraction of sp³-hybridized carbons (Fsp3) is 0.214. The molecule has 5 nitrogen and oxygen atoms in total. The molecule has 0 unspecified atom stereocenters. The molecule has 3 heterocycles. The monoisotopic (exact) mass is 468 g/mol. The van der Waals surface area contributed by atoms with Crippen LogP contribution in [-0.2, 0) is 0 Å². The predicted molar refractivity (Wildman–Crippen MR) is 139 cm³/mol. The van der Waals surface area contributed by atoms with Gasteiger partial charge in [-0.1, -0.05) is 66.2 Å². The molecule has 2 aromatic heterocycles. The van der Waals surface area contributed by atoms with E-state index in [1.165, 1.54) is 11.1 Å². The van der Waals surface area contributed by atoms with Crippen LogP contribution in [0.2, 0.25) is 0 Å². The number of piperazine rings is 1. The molecule has 1 fully saturated rings. The highest BCUT2D eigenvalue weighted by molar-refractivity contribution is 7.13. The first-order valence-electron chi connectivity index (χ1n) is 11.6. The highest BCUT2D eigenvalue weighted by Gasteiger charge is 2.26. The molecule has 1 saturated heterocycles. The Morgan fingerprint density at radius 3 is 2.44 bits per heavy atom. The highest BCUT2D eigenvalue weighted by atomic mass is 32.1. The van der Waals surface area contributed by atoms with Crippen molar-refractivity contribution < 1.29 is 4.79 Å². The summed E-state index contributed by atoms with van der Waals surface area (Å²) < 4.78 is 1.80. The van der Waals surface area contributed by atoms with Crippen molar-refractivity contribution in [3.8, 4) is 16.3 Å². The summed E-state index contributed by atoms with van der Waals surface area (Å²) in [7, 11) is 0. The summed E-state index contributed by atoms with van der Waals surface area (Å²) in [5.74, 6) is 0.0374. The predicted octanol–water partition coefficient (Wildman–Crippen LogP) is 5.38. The van der Waals surface area contributed by atoms with E-state index in [0.29, 0.717) is 18.8 Å². The van der Waals surface area contributed by atoms with E-state index in [4.69, 9.17) is 5.10 Å². The quantitative estimate of drug-likeness (QED) is 0.381. The zero-order chi connectivity index (χ0) is 23.3. The van der Waals surface area contributed by atoms with E-state index in [1.54, 1.807) is 16.0 Å². The van der Waals surface area contributed by atoms with Crippen LogP contribution < -0.4 is 0 Å². The number of nitrogens with zero attached hydrogens (tertiary/aromatic N) is 4. The van der Waals surface area contributed by atoms with Crippen molar-refractivity contribution >= 4 is 23.3 Å². The lowest BCUT2D eigenvalue weighted by molar-refractivity contribution is 0.0641. The number of carbonyl (C=O) groups is 1. The largest absolute Gasteiger partial charge is 0.335 e. The van der Waals surface area contributed by atoms with Crippen LogP contribution in [0.3, 0.4) is 0 Å². The van der Waals surface area contributed by atoms with Gasteiger partial charge in [-0.3, -0.25) is 9.69 Å². The number of aromatic nitrogens is 2. The van der Waals surface area contributed by atoms with Crippen molar-refractivity contribution in [2.75, 3.05) is 32.7 Å². The van der Waals surface area contributed by atoms with Gasteiger partial charge in [0.05, 0.1) is 10.6 Å². The van der Waals surface area contributed by atoms with Gasteiger partial charge in [0, 0.05) is 32.7 Å². The Balaban J connectivity index is 1.29. The molecular weight excluding hydrogens is 440 g/mol. The van der Waals surface area contributed by atoms with E-state index in [1.807, 2.05) is 46.7 Å². The fourth-order valence-electron chi connectivity index (χ4n) is 4.16. The van der Waals surface area contributed by atoms with Crippen molar-refractivity contribution in [3.05, 3.63) is 101 Å². The summed E-state index contributed by atoms with van der Waals surface area (Å²) in [6.07, 6.45) is 4.36. The van der Waals surface area contributed by atoms with Crippen LogP contribution in [0.1, 0.15) is 21.6 Å². The Morgan fingerprint density at radius 2 is 1.74 bits per heavy atom. The zero-order valence-electron chi connectivity index (χ0n) is 19.3. The molecule has 2 aromatic carbocycles. The lowest BCUT2D eigenvalue weighted by Crippen LogP contribution is -2.49. The van der Waals surface area contributed by atoms with E-state index >= 15 is 0 Å². The summed E-state index contributed by atoms with van der Waals surface area (Å²) in [6.45, 7) is 6.10. The summed E-state index contributed by atoms with van der Waals surface area (Å²) >= 11 is 1.64. The topological polar surface area (TPSA) is 41.4 Å². The fourth-order valence-corrected chi connectivity index (χ4v) is 4.84. The lowest BCUT2D eigenvalue weighted by Gasteiger charge is -2.34. The van der Waals surface area contributed by atoms with Crippen LogP contribution in [0.25, 0.3) is 22.3 Å². The van der Waals surface area contributed by atoms with Crippen LogP contribution in [0.15, 0.2) is 84.3 Å². The van der Waals surface area contributed by atoms with Crippen molar-refractivity contribution in [1.29, 1.82) is 0 Å². The number of aryl methyl sites for hydroxylation is 1. The molecule has 4 aromatic rings. The molecule has 0 saturated carbocycles. The standard InChI is InChI=1S/C28H28N4OS/c1-22-11-13-24(14-12-22)32-26(21-25(29-32)27-10-6-20-34-27)28(33)31-18-16-30(17-19-31)15-5-9-23-7-3-2-4-8-23/h2-14,20-21H,15-19H2,1H3/b9-5+. The number of carbonyl (C=O) groups excluding carboxylic acids is 1. The van der Waals surface area contributed by atoms with Crippen molar-refractivity contribution in [2.24, 2.45) is 0 Å². The summed E-state index contributed by atoms with van der Waals surface area (Å²) in [4.78, 5) is 19.0. The van der Waals surface area contributed by atoms with Crippen LogP contribution >= 0.6 is 11.3 Å². The summed E-state index contributed by atoms with van der Waals surface area (Å²) in [5.41, 5.74) is 4.75. The number of hydrogen-bond donors (Lipinski definition) is 0. The van der Waals surface area contributed by atoms with Gasteiger partial charge in [0.2, 0.25) is 0 Å². The molecule has 6 heteroatoms. The molecule has 0 radical (unpaired) electrons. The smallest absolute Gasteiger partial charge is 0.272 e. The van der Waals surface area contributed by atoms with Gasteiger partial charge in [0.1, 0.15) is 11.4 Å². The maximum atomic E-state index is 13.6. The van der Waals surface area contributed by atoms with E-state index < -0.39 is 0 Å². The lowest BCUT2D eigenvalue weighted by atomic mass is 10.2.